The Kier molecular flexibility index (Phi) is 6.44. The lowest BCUT2D eigenvalue weighted by Crippen LogP contribution is -2.20. The highest BCUT2D eigenvalue weighted by Crippen LogP contribution is 2.43. The summed E-state index contributed by atoms with van der Waals surface area (Å²) in [6.45, 7) is 6.95. The minimum absolute atomic E-state index is 0.0429. The molecule has 10 heteroatoms. The number of benzene rings is 2. The Labute approximate surface area is 243 Å². The van der Waals surface area contributed by atoms with Gasteiger partial charge in [0.1, 0.15) is 17.8 Å². The lowest BCUT2D eigenvalue weighted by molar-refractivity contribution is 0.443. The third-order valence-electron chi connectivity index (χ3n) is 7.52. The maximum atomic E-state index is 10.1. The van der Waals surface area contributed by atoms with E-state index in [1.165, 1.54) is 6.20 Å². The molecule has 10 nitrogen and oxygen atoms in total. The second-order valence-electron chi connectivity index (χ2n) is 11.9. The highest BCUT2D eigenvalue weighted by molar-refractivity contribution is 5.99. The van der Waals surface area contributed by atoms with Gasteiger partial charge in [-0.15, -0.1) is 5.10 Å². The Balaban J connectivity index is 1.51. The van der Waals surface area contributed by atoms with E-state index < -0.39 is 11.6 Å². The summed E-state index contributed by atoms with van der Waals surface area (Å²) in [5, 5.41) is 48.3. The van der Waals surface area contributed by atoms with E-state index in [0.29, 0.717) is 45.6 Å². The average Bonchev–Trinajstić information content (AvgIpc) is 3.64. The summed E-state index contributed by atoms with van der Waals surface area (Å²) >= 11 is 0. The van der Waals surface area contributed by atoms with E-state index in [-0.39, 0.29) is 5.41 Å². The summed E-state index contributed by atoms with van der Waals surface area (Å²) in [6.07, 6.45) is 8.37. The first kappa shape index (κ1) is 26.7. The molecule has 1 saturated carbocycles. The maximum absolute atomic E-state index is 10.1. The number of fused-ring (bicyclic) bond motifs is 2. The highest BCUT2D eigenvalue weighted by atomic mass is 15.5. The summed E-state index contributed by atoms with van der Waals surface area (Å²) in [6, 6.07) is 18.0. The number of anilines is 2. The standard InChI is InChI=1S/C32H28N10/c1-31(2,3)19-38-29-22(14-34)16-37-28-21(13-33)11-23(12-26(28)29)39-30(25-6-4-5-20-15-36-10-7-24(20)25)27-17-42(41-40-27)32(18-35)8-9-32/h4-7,10-12,15-17,30,39H,8-9,19H2,1-3H3,(H,37,38)/t30-/m0/s1. The first-order chi connectivity index (χ1) is 20.2. The molecule has 1 atom stereocenters. The van der Waals surface area contributed by atoms with Gasteiger partial charge in [-0.25, -0.2) is 4.68 Å². The third-order valence-corrected chi connectivity index (χ3v) is 7.52. The van der Waals surface area contributed by atoms with Crippen LogP contribution in [-0.4, -0.2) is 31.5 Å². The first-order valence-corrected chi connectivity index (χ1v) is 13.7. The largest absolute Gasteiger partial charge is 0.383 e. The fraction of sp³-hybridized carbons (Fsp3) is 0.281. The van der Waals surface area contributed by atoms with Crippen LogP contribution in [0.15, 0.2) is 61.2 Å². The topological polar surface area (TPSA) is 152 Å². The van der Waals surface area contributed by atoms with Gasteiger partial charge in [0.25, 0.3) is 0 Å². The van der Waals surface area contributed by atoms with Crippen LogP contribution in [-0.2, 0) is 5.54 Å². The molecule has 2 N–H and O–H groups in total. The molecule has 3 heterocycles. The van der Waals surface area contributed by atoms with E-state index in [1.807, 2.05) is 42.7 Å². The van der Waals surface area contributed by atoms with Gasteiger partial charge in [0.2, 0.25) is 0 Å². The van der Waals surface area contributed by atoms with Crippen LogP contribution in [0.5, 0.6) is 0 Å². The number of hydrogen-bond donors (Lipinski definition) is 2. The molecule has 1 aliphatic carbocycles. The molecule has 0 radical (unpaired) electrons. The Hall–Kier alpha value is -5.53. The van der Waals surface area contributed by atoms with Gasteiger partial charge in [-0.05, 0) is 47.4 Å². The molecule has 1 aliphatic rings. The SMILES string of the molecule is CC(C)(C)CNc1c(C#N)cnc2c(C#N)cc(N[C@H](c3cn(C4(C#N)CC4)nn3)c3cccc4cnccc34)cc12. The van der Waals surface area contributed by atoms with E-state index >= 15 is 0 Å². The monoisotopic (exact) mass is 552 g/mol. The van der Waals surface area contributed by atoms with E-state index in [0.717, 1.165) is 29.2 Å². The first-order valence-electron chi connectivity index (χ1n) is 13.7. The smallest absolute Gasteiger partial charge is 0.150 e. The van der Waals surface area contributed by atoms with Crippen molar-refractivity contribution in [3.8, 4) is 18.2 Å². The van der Waals surface area contributed by atoms with Crippen molar-refractivity contribution in [1.82, 2.24) is 25.0 Å². The van der Waals surface area contributed by atoms with Gasteiger partial charge in [-0.3, -0.25) is 9.97 Å². The van der Waals surface area contributed by atoms with Crippen LogP contribution in [0.25, 0.3) is 21.7 Å². The van der Waals surface area contributed by atoms with E-state index in [1.54, 1.807) is 16.9 Å². The molecule has 0 spiro atoms. The zero-order valence-corrected chi connectivity index (χ0v) is 23.5. The average molecular weight is 553 g/mol. The summed E-state index contributed by atoms with van der Waals surface area (Å²) in [4.78, 5) is 8.75. The van der Waals surface area contributed by atoms with Crippen LogP contribution < -0.4 is 10.6 Å². The Bertz CT molecular complexity index is 1950. The highest BCUT2D eigenvalue weighted by Gasteiger charge is 2.47. The quantitative estimate of drug-likeness (QED) is 0.255. The molecule has 0 saturated heterocycles. The Morgan fingerprint density at radius 3 is 2.55 bits per heavy atom. The molecule has 0 bridgehead atoms. The van der Waals surface area contributed by atoms with Crippen molar-refractivity contribution >= 4 is 33.1 Å². The number of nitrogens with one attached hydrogen (secondary N) is 2. The lowest BCUT2D eigenvalue weighted by Gasteiger charge is -2.23. The van der Waals surface area contributed by atoms with Crippen LogP contribution in [0.1, 0.15) is 62.0 Å². The van der Waals surface area contributed by atoms with Gasteiger partial charge in [0.05, 0.1) is 40.6 Å². The van der Waals surface area contributed by atoms with Gasteiger partial charge in [-0.2, -0.15) is 15.8 Å². The van der Waals surface area contributed by atoms with Crippen molar-refractivity contribution in [3.05, 3.63) is 83.6 Å². The molecule has 2 aromatic carbocycles. The van der Waals surface area contributed by atoms with Crippen molar-refractivity contribution < 1.29 is 0 Å². The second-order valence-corrected chi connectivity index (χ2v) is 11.9. The normalized spacial score (nSPS) is 14.5. The summed E-state index contributed by atoms with van der Waals surface area (Å²) in [5.41, 5.74) is 3.47. The number of rotatable bonds is 7. The molecule has 0 aliphatic heterocycles. The zero-order chi connectivity index (χ0) is 29.5. The molecular formula is C32H28N10. The maximum Gasteiger partial charge on any atom is 0.150 e. The summed E-state index contributed by atoms with van der Waals surface area (Å²) < 4.78 is 1.66. The molecule has 6 rings (SSSR count). The number of nitrogens with zero attached hydrogens (tertiary/aromatic N) is 8. The molecular weight excluding hydrogens is 524 g/mol. The molecule has 42 heavy (non-hydrogen) atoms. The van der Waals surface area contributed by atoms with Crippen molar-refractivity contribution in [3.63, 3.8) is 0 Å². The fourth-order valence-electron chi connectivity index (χ4n) is 5.11. The Morgan fingerprint density at radius 1 is 1.02 bits per heavy atom. The van der Waals surface area contributed by atoms with Gasteiger partial charge in [-0.1, -0.05) is 44.2 Å². The number of pyridine rings is 2. The fourth-order valence-corrected chi connectivity index (χ4v) is 5.11. The van der Waals surface area contributed by atoms with Crippen LogP contribution in [0.2, 0.25) is 0 Å². The number of hydrogen-bond acceptors (Lipinski definition) is 9. The lowest BCUT2D eigenvalue weighted by atomic mass is 9.96. The van der Waals surface area contributed by atoms with Gasteiger partial charge >= 0.3 is 0 Å². The van der Waals surface area contributed by atoms with Crippen LogP contribution in [0, 0.1) is 39.4 Å². The predicted molar refractivity (Wildman–Crippen MR) is 159 cm³/mol. The zero-order valence-electron chi connectivity index (χ0n) is 23.5. The minimum Gasteiger partial charge on any atom is -0.383 e. The van der Waals surface area contributed by atoms with Crippen molar-refractivity contribution in [2.75, 3.05) is 17.2 Å². The molecule has 0 amide bonds. The van der Waals surface area contributed by atoms with Gasteiger partial charge in [0.15, 0.2) is 5.54 Å². The summed E-state index contributed by atoms with van der Waals surface area (Å²) in [7, 11) is 0. The van der Waals surface area contributed by atoms with E-state index in [4.69, 9.17) is 0 Å². The minimum atomic E-state index is -0.650. The van der Waals surface area contributed by atoms with Crippen LogP contribution >= 0.6 is 0 Å². The number of nitriles is 3. The van der Waals surface area contributed by atoms with Crippen LogP contribution in [0.3, 0.4) is 0 Å². The van der Waals surface area contributed by atoms with Gasteiger partial charge in [0, 0.05) is 41.6 Å². The molecule has 3 aromatic heterocycles. The van der Waals surface area contributed by atoms with E-state index in [2.05, 4.69) is 69.9 Å². The van der Waals surface area contributed by atoms with Gasteiger partial charge < -0.3 is 10.6 Å². The molecule has 5 aromatic rings. The molecule has 0 unspecified atom stereocenters. The van der Waals surface area contributed by atoms with Crippen molar-refractivity contribution in [2.45, 2.75) is 45.2 Å². The van der Waals surface area contributed by atoms with Crippen molar-refractivity contribution in [1.29, 1.82) is 15.8 Å². The summed E-state index contributed by atoms with van der Waals surface area (Å²) in [5.74, 6) is 0. The molecule has 206 valence electrons. The second kappa shape index (κ2) is 10.1. The third kappa shape index (κ3) is 4.82. The number of aromatic nitrogens is 5. The predicted octanol–water partition coefficient (Wildman–Crippen LogP) is 5.79. The van der Waals surface area contributed by atoms with E-state index in [9.17, 15) is 15.8 Å². The van der Waals surface area contributed by atoms with Crippen molar-refractivity contribution in [2.24, 2.45) is 5.41 Å². The Morgan fingerprint density at radius 2 is 1.83 bits per heavy atom. The molecule has 1 fully saturated rings. The van der Waals surface area contributed by atoms with Crippen LogP contribution in [0.4, 0.5) is 11.4 Å².